The van der Waals surface area contributed by atoms with Crippen molar-refractivity contribution >= 4 is 29.6 Å². The van der Waals surface area contributed by atoms with Gasteiger partial charge in [0.2, 0.25) is 7.42 Å². The van der Waals surface area contributed by atoms with Gasteiger partial charge < -0.3 is 0 Å². The summed E-state index contributed by atoms with van der Waals surface area (Å²) in [6.07, 6.45) is 4.51. The minimum atomic E-state index is -1.67. The van der Waals surface area contributed by atoms with Crippen molar-refractivity contribution in [2.75, 3.05) is 0 Å². The molecule has 0 fully saturated rings. The maximum atomic E-state index is 6.34. The Balaban J connectivity index is 2.13. The highest BCUT2D eigenvalue weighted by Crippen LogP contribution is 2.40. The normalized spacial score (nSPS) is 13.9. The molecule has 3 heteroatoms. The molecule has 0 amide bonds. The summed E-state index contributed by atoms with van der Waals surface area (Å²) in [5, 5.41) is 0. The number of hydrogen-bond acceptors (Lipinski definition) is 0. The van der Waals surface area contributed by atoms with Crippen LogP contribution in [0, 0.1) is 13.8 Å². The molecule has 2 aromatic rings. The van der Waals surface area contributed by atoms with Gasteiger partial charge in [-0.15, -0.1) is 0 Å². The lowest BCUT2D eigenvalue weighted by Gasteiger charge is -2.34. The van der Waals surface area contributed by atoms with Gasteiger partial charge in [-0.25, -0.2) is 0 Å². The molecular weight excluding hydrogens is 351 g/mol. The molecule has 0 saturated carbocycles. The molecule has 2 rings (SSSR count). The van der Waals surface area contributed by atoms with Crippen molar-refractivity contribution in [2.24, 2.45) is 0 Å². The Hall–Kier alpha value is -0.763. The van der Waals surface area contributed by atoms with Crippen LogP contribution in [0.4, 0.5) is 0 Å². The highest BCUT2D eigenvalue weighted by atomic mass is 35.7. The van der Waals surface area contributed by atoms with Gasteiger partial charge >= 0.3 is 0 Å². The van der Waals surface area contributed by atoms with E-state index in [9.17, 15) is 0 Å². The van der Waals surface area contributed by atoms with Gasteiger partial charge in [-0.1, -0.05) is 66.6 Å². The summed E-state index contributed by atoms with van der Waals surface area (Å²) >= 11 is 12.7. The number of hydrogen-bond donors (Lipinski definition) is 0. The van der Waals surface area contributed by atoms with Gasteiger partial charge in [-0.2, -0.15) is 22.2 Å². The molecule has 0 heterocycles. The van der Waals surface area contributed by atoms with Crippen LogP contribution in [0.1, 0.15) is 48.4 Å². The van der Waals surface area contributed by atoms with Crippen LogP contribution >= 0.6 is 22.2 Å². The lowest BCUT2D eigenvalue weighted by Crippen LogP contribution is -2.28. The zero-order chi connectivity index (χ0) is 17.6. The summed E-state index contributed by atoms with van der Waals surface area (Å²) < 4.78 is 0. The maximum Gasteiger partial charge on any atom is 0.237 e. The molecule has 0 aliphatic carbocycles. The average molecular weight is 379 g/mol. The fourth-order valence-corrected chi connectivity index (χ4v) is 6.57. The predicted molar refractivity (Wildman–Crippen MR) is 111 cm³/mol. The molecule has 0 radical (unpaired) electrons. The first-order chi connectivity index (χ1) is 11.4. The van der Waals surface area contributed by atoms with E-state index >= 15 is 0 Å². The van der Waals surface area contributed by atoms with Crippen LogP contribution in [0.15, 0.2) is 48.5 Å². The Morgan fingerprint density at radius 2 is 1.42 bits per heavy atom. The summed E-state index contributed by atoms with van der Waals surface area (Å²) in [5.41, 5.74) is 5.56. The number of aryl methyl sites for hydroxylation is 3. The highest BCUT2D eigenvalue weighted by molar-refractivity contribution is 7.33. The van der Waals surface area contributed by atoms with Crippen molar-refractivity contribution in [2.45, 2.75) is 57.9 Å². The number of rotatable bonds is 8. The highest BCUT2D eigenvalue weighted by Gasteiger charge is 2.32. The monoisotopic (exact) mass is 378 g/mol. The Morgan fingerprint density at radius 1 is 0.875 bits per heavy atom. The average Bonchev–Trinajstić information content (AvgIpc) is 2.56. The van der Waals surface area contributed by atoms with Gasteiger partial charge in [0.25, 0.3) is 0 Å². The molecule has 1 unspecified atom stereocenters. The van der Waals surface area contributed by atoms with Gasteiger partial charge in [0.05, 0.1) is 0 Å². The molecule has 0 spiro atoms. The molecule has 0 N–H and O–H groups in total. The lowest BCUT2D eigenvalue weighted by atomic mass is 9.75. The summed E-state index contributed by atoms with van der Waals surface area (Å²) in [7, 11) is -1.67. The molecule has 0 aliphatic rings. The minimum absolute atomic E-state index is 0.124. The van der Waals surface area contributed by atoms with Crippen molar-refractivity contribution in [1.29, 1.82) is 0 Å². The number of halogens is 2. The van der Waals surface area contributed by atoms with Crippen LogP contribution in [0.25, 0.3) is 0 Å². The molecule has 0 nitrogen and oxygen atoms in total. The van der Waals surface area contributed by atoms with Crippen LogP contribution in [0.2, 0.25) is 6.04 Å². The summed E-state index contributed by atoms with van der Waals surface area (Å²) in [4.78, 5) is 0. The topological polar surface area (TPSA) is 0 Å². The van der Waals surface area contributed by atoms with E-state index in [1.165, 1.54) is 28.7 Å². The quantitative estimate of drug-likeness (QED) is 0.355. The Kier molecular flexibility index (Phi) is 7.40. The third kappa shape index (κ3) is 5.37. The largest absolute Gasteiger partial charge is 0.237 e. The fourth-order valence-electron chi connectivity index (χ4n) is 3.48. The lowest BCUT2D eigenvalue weighted by molar-refractivity contribution is 0.404. The Morgan fingerprint density at radius 3 is 1.92 bits per heavy atom. The Bertz CT molecular complexity index is 619. The predicted octanol–water partition coefficient (Wildman–Crippen LogP) is 6.67. The van der Waals surface area contributed by atoms with E-state index in [1.807, 2.05) is 0 Å². The summed E-state index contributed by atoms with van der Waals surface area (Å²) in [5.74, 6) is 0. The van der Waals surface area contributed by atoms with E-state index in [-0.39, 0.29) is 5.41 Å². The zero-order valence-corrected chi connectivity index (χ0v) is 17.7. The van der Waals surface area contributed by atoms with E-state index in [1.54, 1.807) is 0 Å². The van der Waals surface area contributed by atoms with Crippen LogP contribution in [0.3, 0.4) is 0 Å². The minimum Gasteiger partial charge on any atom is -0.150 e. The maximum absolute atomic E-state index is 6.34. The van der Waals surface area contributed by atoms with Crippen molar-refractivity contribution in [3.05, 3.63) is 70.8 Å². The van der Waals surface area contributed by atoms with E-state index in [0.29, 0.717) is 0 Å². The van der Waals surface area contributed by atoms with E-state index in [2.05, 4.69) is 69.3 Å². The smallest absolute Gasteiger partial charge is 0.150 e. The van der Waals surface area contributed by atoms with E-state index in [4.69, 9.17) is 22.2 Å². The molecule has 0 aliphatic heterocycles. The van der Waals surface area contributed by atoms with Crippen molar-refractivity contribution in [3.8, 4) is 0 Å². The van der Waals surface area contributed by atoms with Crippen LogP contribution in [0.5, 0.6) is 0 Å². The first kappa shape index (κ1) is 19.6. The molecule has 130 valence electrons. The van der Waals surface area contributed by atoms with Gasteiger partial charge in [0.1, 0.15) is 0 Å². The molecule has 2 aromatic carbocycles. The molecule has 0 saturated heterocycles. The van der Waals surface area contributed by atoms with Crippen molar-refractivity contribution < 1.29 is 0 Å². The van der Waals surface area contributed by atoms with Crippen molar-refractivity contribution in [1.82, 2.24) is 0 Å². The standard InChI is InChI=1S/C21H28Cl2Si/c1-4-21(16-24(22)23,20-13-9-18(3)10-14-20)15-5-6-19-11-7-17(2)8-12-19/h7-14,24H,4-6,15-16H2,1-3H3. The third-order valence-electron chi connectivity index (χ3n) is 5.13. The van der Waals surface area contributed by atoms with Crippen LogP contribution < -0.4 is 0 Å². The van der Waals surface area contributed by atoms with Crippen molar-refractivity contribution in [3.63, 3.8) is 0 Å². The van der Waals surface area contributed by atoms with Gasteiger partial charge in [0.15, 0.2) is 0 Å². The molecule has 1 atom stereocenters. The van der Waals surface area contributed by atoms with Crippen LogP contribution in [-0.4, -0.2) is 7.42 Å². The Labute approximate surface area is 158 Å². The van der Waals surface area contributed by atoms with Gasteiger partial charge in [0, 0.05) is 0 Å². The fraction of sp³-hybridized carbons (Fsp3) is 0.429. The molecule has 0 aromatic heterocycles. The summed E-state index contributed by atoms with van der Waals surface area (Å²) in [6, 6.07) is 18.8. The SMILES string of the molecule is CCC(CCCc1ccc(C)cc1)(C[SiH](Cl)Cl)c1ccc(C)cc1. The third-order valence-corrected chi connectivity index (χ3v) is 7.14. The van der Waals surface area contributed by atoms with E-state index in [0.717, 1.165) is 25.3 Å². The first-order valence-corrected chi connectivity index (χ1v) is 13.2. The second-order valence-corrected chi connectivity index (χ2v) is 12.0. The van der Waals surface area contributed by atoms with Gasteiger partial charge in [-0.05, 0) is 62.1 Å². The second-order valence-electron chi connectivity index (χ2n) is 6.93. The zero-order valence-electron chi connectivity index (χ0n) is 15.0. The summed E-state index contributed by atoms with van der Waals surface area (Å²) in [6.45, 7) is 6.54. The van der Waals surface area contributed by atoms with Crippen LogP contribution in [-0.2, 0) is 11.8 Å². The van der Waals surface area contributed by atoms with Gasteiger partial charge in [-0.3, -0.25) is 0 Å². The number of benzene rings is 2. The first-order valence-electron chi connectivity index (χ1n) is 8.86. The van der Waals surface area contributed by atoms with E-state index < -0.39 is 7.42 Å². The molecule has 0 bridgehead atoms. The molecular formula is C21H28Cl2Si. The molecule has 24 heavy (non-hydrogen) atoms. The second kappa shape index (κ2) is 9.08.